The zero-order valence-electron chi connectivity index (χ0n) is 39.2. The van der Waals surface area contributed by atoms with Crippen molar-refractivity contribution in [2.75, 3.05) is 0 Å². The summed E-state index contributed by atoms with van der Waals surface area (Å²) in [5.41, 5.74) is 20.1. The molecule has 4 heteroatoms. The van der Waals surface area contributed by atoms with Gasteiger partial charge in [0.1, 0.15) is 0 Å². The van der Waals surface area contributed by atoms with E-state index in [0.717, 1.165) is 22.7 Å². The van der Waals surface area contributed by atoms with Crippen molar-refractivity contribution in [3.8, 4) is 56.1 Å². The molecule has 4 heterocycles. The van der Waals surface area contributed by atoms with Crippen LogP contribution in [-0.2, 0) is 0 Å². The smallest absolute Gasteiger partial charge is 0.0541 e. The van der Waals surface area contributed by atoms with Crippen LogP contribution in [0, 0.1) is 0 Å². The third-order valence-electron chi connectivity index (χ3n) is 15.0. The molecule has 0 radical (unpaired) electrons. The normalized spacial score (nSPS) is 11.9. The summed E-state index contributed by atoms with van der Waals surface area (Å²) >= 11 is 0. The van der Waals surface area contributed by atoms with Crippen LogP contribution in [0.25, 0.3) is 132 Å². The summed E-state index contributed by atoms with van der Waals surface area (Å²) in [7, 11) is 0. The fraction of sp³-hybridized carbons (Fsp3) is 0. The molecule has 0 spiro atoms. The van der Waals surface area contributed by atoms with Gasteiger partial charge < -0.3 is 18.3 Å². The fourth-order valence-corrected chi connectivity index (χ4v) is 11.7. The molecule has 72 heavy (non-hydrogen) atoms. The number of rotatable bonds is 7. The Hall–Kier alpha value is -9.64. The van der Waals surface area contributed by atoms with Gasteiger partial charge >= 0.3 is 0 Å². The minimum absolute atomic E-state index is 1.12. The number of aromatic nitrogens is 4. The highest BCUT2D eigenvalue weighted by Gasteiger charge is 2.19. The zero-order chi connectivity index (χ0) is 47.3. The molecule has 11 aromatic carbocycles. The highest BCUT2D eigenvalue weighted by molar-refractivity contribution is 6.15. The first-order valence-electron chi connectivity index (χ1n) is 24.7. The summed E-state index contributed by atoms with van der Waals surface area (Å²) < 4.78 is 9.52. The molecule has 0 amide bonds. The van der Waals surface area contributed by atoms with Gasteiger partial charge in [0.2, 0.25) is 0 Å². The van der Waals surface area contributed by atoms with Crippen molar-refractivity contribution in [2.45, 2.75) is 0 Å². The van der Waals surface area contributed by atoms with E-state index in [1.165, 1.54) is 110 Å². The van der Waals surface area contributed by atoms with Gasteiger partial charge in [-0.3, -0.25) is 0 Å². The molecule has 15 aromatic rings. The van der Waals surface area contributed by atoms with Crippen molar-refractivity contribution in [1.82, 2.24) is 18.3 Å². The lowest BCUT2D eigenvalue weighted by Crippen LogP contribution is -1.94. The number of hydrogen-bond donors (Lipinski definition) is 0. The van der Waals surface area contributed by atoms with E-state index in [0.29, 0.717) is 0 Å². The molecule has 0 saturated heterocycles. The summed E-state index contributed by atoms with van der Waals surface area (Å²) in [5.74, 6) is 0. The Bertz CT molecular complexity index is 4370. The van der Waals surface area contributed by atoms with Crippen molar-refractivity contribution in [1.29, 1.82) is 0 Å². The van der Waals surface area contributed by atoms with E-state index in [1.807, 2.05) is 0 Å². The van der Waals surface area contributed by atoms with Crippen LogP contribution < -0.4 is 0 Å². The molecule has 0 saturated carbocycles. The molecule has 4 aromatic heterocycles. The molecule has 4 nitrogen and oxygen atoms in total. The predicted octanol–water partition coefficient (Wildman–Crippen LogP) is 17.9. The van der Waals surface area contributed by atoms with Crippen LogP contribution in [-0.4, -0.2) is 18.3 Å². The molecule has 0 aliphatic rings. The van der Waals surface area contributed by atoms with Gasteiger partial charge in [-0.2, -0.15) is 0 Å². The molecule has 0 bridgehead atoms. The third kappa shape index (κ3) is 6.19. The molecule has 0 atom stereocenters. The van der Waals surface area contributed by atoms with Crippen LogP contribution in [0.15, 0.2) is 267 Å². The first-order chi connectivity index (χ1) is 35.7. The van der Waals surface area contributed by atoms with Crippen LogP contribution in [0.1, 0.15) is 0 Å². The molecule has 15 rings (SSSR count). The van der Waals surface area contributed by atoms with Gasteiger partial charge in [0.25, 0.3) is 0 Å². The number of para-hydroxylation sites is 6. The Morgan fingerprint density at radius 1 is 0.194 bits per heavy atom. The van der Waals surface area contributed by atoms with Gasteiger partial charge in [0.15, 0.2) is 0 Å². The summed E-state index contributed by atoms with van der Waals surface area (Å²) in [6.07, 6.45) is 2.28. The molecular formula is C68H44N4. The van der Waals surface area contributed by atoms with Gasteiger partial charge in [-0.15, -0.1) is 0 Å². The van der Waals surface area contributed by atoms with Gasteiger partial charge in [-0.05, 0) is 143 Å². The van der Waals surface area contributed by atoms with Crippen LogP contribution in [0.2, 0.25) is 0 Å². The SMILES string of the molecule is c1ccc(-n2cc(-c3ccc(-n4c5ccc(-c6ccc7c(c6)c6ccccc6n7-c6ccccc6)cc5c5cc(-c6ccc7c(c6)c6ccccc6n7-c6ccccc6)ccc54)cc3)c3ccccc32)cc1. The lowest BCUT2D eigenvalue weighted by Gasteiger charge is -2.10. The molecule has 336 valence electrons. The van der Waals surface area contributed by atoms with Crippen molar-refractivity contribution < 1.29 is 0 Å². The standard InChI is InChI=1S/C68H44N4/c1-4-16-50(17-5-1)69-44-61(56-24-10-13-25-62(56)69)45-28-34-53(35-29-45)72-67-38-32-48(46-30-36-65-57(40-46)54-22-11-14-26-63(54)70(65)51-18-6-2-7-19-51)42-59(67)60-43-49(33-39-68(60)72)47-31-37-66-58(41-47)55-23-12-15-27-64(55)71(66)52-20-8-3-9-21-52/h1-44H. The molecular weight excluding hydrogens is 873 g/mol. The van der Waals surface area contributed by atoms with E-state index in [4.69, 9.17) is 0 Å². The Balaban J connectivity index is 0.905. The van der Waals surface area contributed by atoms with Crippen molar-refractivity contribution in [3.05, 3.63) is 267 Å². The quantitative estimate of drug-likeness (QED) is 0.152. The Morgan fingerprint density at radius 2 is 0.500 bits per heavy atom. The second-order valence-corrected chi connectivity index (χ2v) is 19.0. The molecule has 0 aliphatic carbocycles. The average molecular weight is 917 g/mol. The first-order valence-corrected chi connectivity index (χ1v) is 24.7. The summed E-state index contributed by atoms with van der Waals surface area (Å²) in [4.78, 5) is 0. The van der Waals surface area contributed by atoms with Crippen molar-refractivity contribution >= 4 is 76.3 Å². The molecule has 0 fully saturated rings. The van der Waals surface area contributed by atoms with E-state index in [2.05, 4.69) is 285 Å². The first kappa shape index (κ1) is 40.3. The topological polar surface area (TPSA) is 19.7 Å². The Kier molecular flexibility index (Phi) is 8.92. The number of fused-ring (bicyclic) bond motifs is 10. The molecule has 0 N–H and O–H groups in total. The van der Waals surface area contributed by atoms with Gasteiger partial charge in [0.05, 0.1) is 38.6 Å². The van der Waals surface area contributed by atoms with E-state index >= 15 is 0 Å². The number of benzene rings is 11. The predicted molar refractivity (Wildman–Crippen MR) is 303 cm³/mol. The largest absolute Gasteiger partial charge is 0.316 e. The zero-order valence-corrected chi connectivity index (χ0v) is 39.2. The second-order valence-electron chi connectivity index (χ2n) is 19.0. The molecule has 0 unspecified atom stereocenters. The number of hydrogen-bond acceptors (Lipinski definition) is 0. The lowest BCUT2D eigenvalue weighted by atomic mass is 9.98. The highest BCUT2D eigenvalue weighted by atomic mass is 15.0. The van der Waals surface area contributed by atoms with Crippen LogP contribution in [0.3, 0.4) is 0 Å². The van der Waals surface area contributed by atoms with E-state index in [1.54, 1.807) is 0 Å². The van der Waals surface area contributed by atoms with Crippen LogP contribution in [0.5, 0.6) is 0 Å². The van der Waals surface area contributed by atoms with Gasteiger partial charge in [0, 0.05) is 72.2 Å². The van der Waals surface area contributed by atoms with E-state index in [-0.39, 0.29) is 0 Å². The maximum absolute atomic E-state index is 2.45. The highest BCUT2D eigenvalue weighted by Crippen LogP contribution is 2.42. The maximum Gasteiger partial charge on any atom is 0.0541 e. The Labute approximate surface area is 415 Å². The summed E-state index contributed by atoms with van der Waals surface area (Å²) in [6.45, 7) is 0. The minimum Gasteiger partial charge on any atom is -0.316 e. The monoisotopic (exact) mass is 916 g/mol. The maximum atomic E-state index is 2.45. The van der Waals surface area contributed by atoms with Crippen molar-refractivity contribution in [3.63, 3.8) is 0 Å². The van der Waals surface area contributed by atoms with Crippen LogP contribution >= 0.6 is 0 Å². The van der Waals surface area contributed by atoms with Crippen LogP contribution in [0.4, 0.5) is 0 Å². The summed E-state index contributed by atoms with van der Waals surface area (Å²) in [5, 5.41) is 8.65. The number of nitrogens with zero attached hydrogens (tertiary/aromatic N) is 4. The second kappa shape index (κ2) is 16.0. The minimum atomic E-state index is 1.12. The van der Waals surface area contributed by atoms with Crippen molar-refractivity contribution in [2.24, 2.45) is 0 Å². The lowest BCUT2D eigenvalue weighted by molar-refractivity contribution is 1.13. The average Bonchev–Trinajstić information content (AvgIpc) is 4.20. The van der Waals surface area contributed by atoms with Gasteiger partial charge in [-0.25, -0.2) is 0 Å². The molecule has 0 aliphatic heterocycles. The summed E-state index contributed by atoms with van der Waals surface area (Å²) in [6, 6.07) is 95.5. The fourth-order valence-electron chi connectivity index (χ4n) is 11.7. The van der Waals surface area contributed by atoms with E-state index < -0.39 is 0 Å². The third-order valence-corrected chi connectivity index (χ3v) is 15.0. The van der Waals surface area contributed by atoms with E-state index in [9.17, 15) is 0 Å². The van der Waals surface area contributed by atoms with Gasteiger partial charge in [-0.1, -0.05) is 146 Å². The Morgan fingerprint density at radius 3 is 0.931 bits per heavy atom.